The van der Waals surface area contributed by atoms with Gasteiger partial charge < -0.3 is 20.4 Å². The van der Waals surface area contributed by atoms with Crippen molar-refractivity contribution < 1.29 is 9.59 Å². The van der Waals surface area contributed by atoms with Crippen LogP contribution in [0.1, 0.15) is 72.1 Å². The highest BCUT2D eigenvalue weighted by Gasteiger charge is 2.16. The lowest BCUT2D eigenvalue weighted by Crippen LogP contribution is -2.46. The summed E-state index contributed by atoms with van der Waals surface area (Å²) in [7, 11) is 0. The summed E-state index contributed by atoms with van der Waals surface area (Å²) in [5, 5.41) is 6.93. The molecule has 1 aliphatic rings. The Bertz CT molecular complexity index is 916. The van der Waals surface area contributed by atoms with Gasteiger partial charge in [-0.2, -0.15) is 0 Å². The number of rotatable bonds is 16. The Morgan fingerprint density at radius 1 is 0.579 bits per heavy atom. The Labute approximate surface area is 238 Å². The van der Waals surface area contributed by atoms with Gasteiger partial charge in [-0.05, 0) is 63.0 Å². The molecule has 0 radical (unpaired) electrons. The quantitative estimate of drug-likeness (QED) is 0.251. The number of hydrogen-bond donors (Lipinski definition) is 2. The van der Waals surface area contributed by atoms with Crippen LogP contribution in [0.3, 0.4) is 0 Å². The van der Waals surface area contributed by atoms with Gasteiger partial charge in [0.25, 0.3) is 11.8 Å². The summed E-state index contributed by atoms with van der Waals surface area (Å²) in [6.07, 6.45) is 9.08. The molecule has 0 atom stereocenters. The second-order valence-corrected chi connectivity index (χ2v) is 10.8. The van der Waals surface area contributed by atoms with Crippen LogP contribution in [0.15, 0.2) is 48.5 Å². The zero-order valence-corrected chi connectivity index (χ0v) is 23.9. The molecule has 3 rings (SSSR count). The molecule has 1 fully saturated rings. The molecular formula is C30H42Cl2N4O2. The van der Waals surface area contributed by atoms with Crippen molar-refractivity contribution >= 4 is 35.0 Å². The van der Waals surface area contributed by atoms with Crippen molar-refractivity contribution in [1.82, 2.24) is 20.4 Å². The number of carbonyl (C=O) groups is 2. The Kier molecular flexibility index (Phi) is 14.0. The molecule has 38 heavy (non-hydrogen) atoms. The minimum atomic E-state index is -0.0912. The van der Waals surface area contributed by atoms with Gasteiger partial charge in [0.2, 0.25) is 0 Å². The Hall–Kier alpha value is -2.12. The molecule has 6 nitrogen and oxygen atoms in total. The topological polar surface area (TPSA) is 64.7 Å². The Morgan fingerprint density at radius 3 is 1.34 bits per heavy atom. The molecule has 0 aromatic heterocycles. The minimum Gasteiger partial charge on any atom is -0.352 e. The van der Waals surface area contributed by atoms with Crippen molar-refractivity contribution in [2.24, 2.45) is 0 Å². The molecule has 0 saturated carbocycles. The van der Waals surface area contributed by atoms with Gasteiger partial charge in [-0.3, -0.25) is 9.59 Å². The lowest BCUT2D eigenvalue weighted by molar-refractivity contribution is 0.0944. The second kappa shape index (κ2) is 17.5. The van der Waals surface area contributed by atoms with Gasteiger partial charge in [-0.25, -0.2) is 0 Å². The molecule has 1 aliphatic heterocycles. The van der Waals surface area contributed by atoms with Crippen molar-refractivity contribution in [3.63, 3.8) is 0 Å². The number of halogens is 2. The number of unbranched alkanes of at least 4 members (excludes halogenated alkanes) is 6. The first-order valence-electron chi connectivity index (χ1n) is 14.0. The van der Waals surface area contributed by atoms with Crippen LogP contribution in [0.2, 0.25) is 10.0 Å². The number of nitrogens with zero attached hydrogens (tertiary/aromatic N) is 2. The maximum absolute atomic E-state index is 12.2. The first kappa shape index (κ1) is 30.4. The molecule has 1 saturated heterocycles. The van der Waals surface area contributed by atoms with E-state index in [4.69, 9.17) is 23.2 Å². The highest BCUT2D eigenvalue weighted by molar-refractivity contribution is 6.34. The van der Waals surface area contributed by atoms with Crippen LogP contribution in [0.25, 0.3) is 0 Å². The standard InChI is InChI=1S/C30H42Cl2N4O2/c31-27-15-7-5-13-25(27)29(37)33-17-9-1-3-11-19-35-21-23-36(24-22-35)20-12-4-2-10-18-34-30(38)26-14-6-8-16-28(26)32/h5-8,13-16H,1-4,9-12,17-24H2,(H,33,37)(H,34,38). The summed E-state index contributed by atoms with van der Waals surface area (Å²) in [6.45, 7) is 8.34. The van der Waals surface area contributed by atoms with E-state index in [1.54, 1.807) is 24.3 Å². The van der Waals surface area contributed by atoms with Gasteiger partial charge in [-0.1, -0.05) is 73.2 Å². The second-order valence-electron chi connectivity index (χ2n) is 9.98. The third-order valence-electron chi connectivity index (χ3n) is 7.08. The summed E-state index contributed by atoms with van der Waals surface area (Å²) in [4.78, 5) is 29.5. The number of piperazine rings is 1. The van der Waals surface area contributed by atoms with E-state index in [0.29, 0.717) is 34.3 Å². The lowest BCUT2D eigenvalue weighted by Gasteiger charge is -2.34. The van der Waals surface area contributed by atoms with E-state index in [1.165, 1.54) is 38.8 Å². The van der Waals surface area contributed by atoms with E-state index >= 15 is 0 Å². The molecule has 2 amide bonds. The average Bonchev–Trinajstić information content (AvgIpc) is 2.93. The van der Waals surface area contributed by atoms with Gasteiger partial charge in [0.15, 0.2) is 0 Å². The van der Waals surface area contributed by atoms with Crippen LogP contribution >= 0.6 is 23.2 Å². The van der Waals surface area contributed by atoms with Crippen molar-refractivity contribution in [2.45, 2.75) is 51.4 Å². The van der Waals surface area contributed by atoms with Crippen LogP contribution in [0.4, 0.5) is 0 Å². The fourth-order valence-corrected chi connectivity index (χ4v) is 5.19. The fraction of sp³-hybridized carbons (Fsp3) is 0.533. The van der Waals surface area contributed by atoms with E-state index < -0.39 is 0 Å². The maximum atomic E-state index is 12.2. The number of nitrogens with one attached hydrogen (secondary N) is 2. The molecular weight excluding hydrogens is 519 g/mol. The summed E-state index contributed by atoms with van der Waals surface area (Å²) in [6, 6.07) is 14.3. The summed E-state index contributed by atoms with van der Waals surface area (Å²) in [5.74, 6) is -0.182. The van der Waals surface area contributed by atoms with E-state index in [2.05, 4.69) is 20.4 Å². The Balaban J connectivity index is 1.11. The van der Waals surface area contributed by atoms with E-state index in [-0.39, 0.29) is 11.8 Å². The third kappa shape index (κ3) is 10.9. The molecule has 0 unspecified atom stereocenters. The molecule has 0 aliphatic carbocycles. The number of carbonyl (C=O) groups excluding carboxylic acids is 2. The van der Waals surface area contributed by atoms with Gasteiger partial charge >= 0.3 is 0 Å². The summed E-state index contributed by atoms with van der Waals surface area (Å²) in [5.41, 5.74) is 1.09. The molecule has 0 spiro atoms. The van der Waals surface area contributed by atoms with Crippen LogP contribution in [0, 0.1) is 0 Å². The molecule has 0 bridgehead atoms. The first-order chi connectivity index (χ1) is 18.5. The molecule has 8 heteroatoms. The van der Waals surface area contributed by atoms with Crippen molar-refractivity contribution in [1.29, 1.82) is 0 Å². The van der Waals surface area contributed by atoms with Crippen LogP contribution in [-0.4, -0.2) is 74.0 Å². The summed E-state index contributed by atoms with van der Waals surface area (Å²) >= 11 is 12.2. The molecule has 208 valence electrons. The SMILES string of the molecule is O=C(NCCCCCCN1CCN(CCCCCCNC(=O)c2ccccc2Cl)CC1)c1ccccc1Cl. The number of hydrogen-bond acceptors (Lipinski definition) is 4. The van der Waals surface area contributed by atoms with Gasteiger partial charge in [-0.15, -0.1) is 0 Å². The zero-order chi connectivity index (χ0) is 27.0. The van der Waals surface area contributed by atoms with Crippen molar-refractivity contribution in [2.75, 3.05) is 52.4 Å². The largest absolute Gasteiger partial charge is 0.352 e. The van der Waals surface area contributed by atoms with E-state index in [1.807, 2.05) is 24.3 Å². The monoisotopic (exact) mass is 560 g/mol. The average molecular weight is 562 g/mol. The van der Waals surface area contributed by atoms with Crippen LogP contribution in [-0.2, 0) is 0 Å². The van der Waals surface area contributed by atoms with Crippen LogP contribution < -0.4 is 10.6 Å². The van der Waals surface area contributed by atoms with Crippen molar-refractivity contribution in [3.05, 3.63) is 69.7 Å². The number of amides is 2. The molecule has 2 aromatic carbocycles. The number of benzene rings is 2. The highest BCUT2D eigenvalue weighted by atomic mass is 35.5. The van der Waals surface area contributed by atoms with Gasteiger partial charge in [0.05, 0.1) is 21.2 Å². The molecule has 2 N–H and O–H groups in total. The highest BCUT2D eigenvalue weighted by Crippen LogP contribution is 2.15. The lowest BCUT2D eigenvalue weighted by atomic mass is 10.1. The molecule has 2 aromatic rings. The maximum Gasteiger partial charge on any atom is 0.252 e. The minimum absolute atomic E-state index is 0.0912. The molecule has 1 heterocycles. The fourth-order valence-electron chi connectivity index (χ4n) is 4.75. The predicted octanol–water partition coefficient (Wildman–Crippen LogP) is 5.89. The van der Waals surface area contributed by atoms with E-state index in [9.17, 15) is 9.59 Å². The van der Waals surface area contributed by atoms with Gasteiger partial charge in [0.1, 0.15) is 0 Å². The summed E-state index contributed by atoms with van der Waals surface area (Å²) < 4.78 is 0. The van der Waals surface area contributed by atoms with Crippen LogP contribution in [0.5, 0.6) is 0 Å². The Morgan fingerprint density at radius 2 is 0.947 bits per heavy atom. The third-order valence-corrected chi connectivity index (χ3v) is 7.73. The zero-order valence-electron chi connectivity index (χ0n) is 22.4. The van der Waals surface area contributed by atoms with E-state index in [0.717, 1.165) is 51.9 Å². The first-order valence-corrected chi connectivity index (χ1v) is 14.8. The smallest absolute Gasteiger partial charge is 0.252 e. The predicted molar refractivity (Wildman–Crippen MR) is 157 cm³/mol. The van der Waals surface area contributed by atoms with Crippen molar-refractivity contribution in [3.8, 4) is 0 Å². The normalized spacial score (nSPS) is 14.4. The van der Waals surface area contributed by atoms with Gasteiger partial charge in [0, 0.05) is 39.3 Å².